The molecular formula is C18H20. The molecule has 0 saturated carbocycles. The monoisotopic (exact) mass is 236 g/mol. The van der Waals surface area contributed by atoms with E-state index in [1.165, 1.54) is 59.1 Å². The van der Waals surface area contributed by atoms with Gasteiger partial charge in [0.25, 0.3) is 0 Å². The summed E-state index contributed by atoms with van der Waals surface area (Å²) in [6, 6.07) is 13.6. The Morgan fingerprint density at radius 3 is 1.11 bits per heavy atom. The van der Waals surface area contributed by atoms with Crippen molar-refractivity contribution in [1.29, 1.82) is 0 Å². The fraction of sp³-hybridized carbons (Fsp3) is 0.333. The molecule has 4 bridgehead atoms. The van der Waals surface area contributed by atoms with E-state index in [0.717, 1.165) is 0 Å². The maximum absolute atomic E-state index is 2.29. The van der Waals surface area contributed by atoms with Gasteiger partial charge in [0.1, 0.15) is 0 Å². The van der Waals surface area contributed by atoms with Crippen molar-refractivity contribution in [2.24, 2.45) is 0 Å². The third-order valence-corrected chi connectivity index (χ3v) is 4.44. The van der Waals surface area contributed by atoms with Crippen molar-refractivity contribution in [1.82, 2.24) is 0 Å². The molecule has 0 heterocycles. The van der Waals surface area contributed by atoms with Crippen LogP contribution in [0.25, 0.3) is 0 Å². The van der Waals surface area contributed by atoms with Gasteiger partial charge in [-0.2, -0.15) is 0 Å². The van der Waals surface area contributed by atoms with Gasteiger partial charge in [-0.05, 0) is 72.9 Å². The van der Waals surface area contributed by atoms with E-state index in [0.29, 0.717) is 0 Å². The van der Waals surface area contributed by atoms with Gasteiger partial charge in [-0.1, -0.05) is 36.4 Å². The highest BCUT2D eigenvalue weighted by Crippen LogP contribution is 2.23. The minimum atomic E-state index is 1.17. The summed E-state index contributed by atoms with van der Waals surface area (Å²) in [5.41, 5.74) is 9.14. The highest BCUT2D eigenvalue weighted by atomic mass is 14.2. The highest BCUT2D eigenvalue weighted by molar-refractivity contribution is 5.40. The van der Waals surface area contributed by atoms with E-state index >= 15 is 0 Å². The molecule has 0 heteroatoms. The van der Waals surface area contributed by atoms with E-state index in [-0.39, 0.29) is 0 Å². The molecule has 0 radical (unpaired) electrons. The summed E-state index contributed by atoms with van der Waals surface area (Å²) >= 11 is 0. The molecule has 2 aromatic rings. The predicted molar refractivity (Wildman–Crippen MR) is 77.2 cm³/mol. The van der Waals surface area contributed by atoms with Crippen LogP contribution in [0.2, 0.25) is 0 Å². The molecule has 0 aromatic heterocycles. The van der Waals surface area contributed by atoms with Gasteiger partial charge < -0.3 is 0 Å². The van der Waals surface area contributed by atoms with Gasteiger partial charge in [0.2, 0.25) is 0 Å². The topological polar surface area (TPSA) is 0 Å². The fourth-order valence-corrected chi connectivity index (χ4v) is 3.10. The number of hydrogen-bond donors (Lipinski definition) is 0. The summed E-state index contributed by atoms with van der Waals surface area (Å²) in [6.07, 6.45) is 4.68. The SMILES string of the molecule is Cc1c2cccc1CCc1cccc(c1C)CC2. The molecule has 0 fully saturated rings. The highest BCUT2D eigenvalue weighted by Gasteiger charge is 2.10. The van der Waals surface area contributed by atoms with Gasteiger partial charge in [0.15, 0.2) is 0 Å². The molecule has 0 N–H and O–H groups in total. The number of rotatable bonds is 0. The number of hydrogen-bond acceptors (Lipinski definition) is 0. The van der Waals surface area contributed by atoms with Gasteiger partial charge in [-0.25, -0.2) is 0 Å². The van der Waals surface area contributed by atoms with Gasteiger partial charge in [0, 0.05) is 0 Å². The molecule has 0 amide bonds. The van der Waals surface area contributed by atoms with Crippen LogP contribution >= 0.6 is 0 Å². The lowest BCUT2D eigenvalue weighted by Gasteiger charge is -2.17. The Bertz CT molecular complexity index is 481. The summed E-state index contributed by atoms with van der Waals surface area (Å²) in [4.78, 5) is 0. The standard InChI is InChI=1S/C18H20/c1-13-15-5-3-6-16(13)10-12-18-8-4-7-17(11-9-15)14(18)2/h3-8H,9-12H2,1-2H3. The summed E-state index contributed by atoms with van der Waals surface area (Å²) in [5, 5.41) is 0. The van der Waals surface area contributed by atoms with Crippen LogP contribution in [0.15, 0.2) is 36.4 Å². The quantitative estimate of drug-likeness (QED) is 0.643. The summed E-state index contributed by atoms with van der Waals surface area (Å²) in [5.74, 6) is 0. The molecule has 1 aliphatic rings. The normalized spacial score (nSPS) is 14.3. The molecule has 1 aliphatic carbocycles. The number of benzene rings is 2. The van der Waals surface area contributed by atoms with Crippen molar-refractivity contribution in [3.05, 3.63) is 69.8 Å². The Morgan fingerprint density at radius 1 is 0.556 bits per heavy atom. The van der Waals surface area contributed by atoms with Crippen molar-refractivity contribution < 1.29 is 0 Å². The summed E-state index contributed by atoms with van der Waals surface area (Å²) < 4.78 is 0. The van der Waals surface area contributed by atoms with Crippen LogP contribution in [0.5, 0.6) is 0 Å². The number of aryl methyl sites for hydroxylation is 4. The summed E-state index contributed by atoms with van der Waals surface area (Å²) in [6.45, 7) is 4.57. The van der Waals surface area contributed by atoms with Gasteiger partial charge in [-0.15, -0.1) is 0 Å². The Labute approximate surface area is 110 Å². The second kappa shape index (κ2) is 4.61. The van der Waals surface area contributed by atoms with Crippen LogP contribution in [-0.2, 0) is 25.7 Å². The van der Waals surface area contributed by atoms with Crippen molar-refractivity contribution in [2.75, 3.05) is 0 Å². The molecule has 0 saturated heterocycles. The Hall–Kier alpha value is -1.56. The third-order valence-electron chi connectivity index (χ3n) is 4.44. The average Bonchev–Trinajstić information content (AvgIpc) is 2.38. The smallest absolute Gasteiger partial charge is 0.0235 e. The first-order valence-electron chi connectivity index (χ1n) is 6.90. The minimum absolute atomic E-state index is 1.17. The first kappa shape index (κ1) is 11.5. The van der Waals surface area contributed by atoms with Gasteiger partial charge in [-0.3, -0.25) is 0 Å². The predicted octanol–water partition coefficient (Wildman–Crippen LogP) is 4.19. The lowest BCUT2D eigenvalue weighted by atomic mass is 9.88. The zero-order valence-electron chi connectivity index (χ0n) is 11.3. The summed E-state index contributed by atoms with van der Waals surface area (Å²) in [7, 11) is 0. The Balaban J connectivity index is 2.07. The van der Waals surface area contributed by atoms with E-state index in [1.54, 1.807) is 0 Å². The van der Waals surface area contributed by atoms with E-state index in [4.69, 9.17) is 0 Å². The maximum Gasteiger partial charge on any atom is -0.0235 e. The minimum Gasteiger partial charge on any atom is -0.0617 e. The van der Waals surface area contributed by atoms with Crippen LogP contribution in [-0.4, -0.2) is 0 Å². The fourth-order valence-electron chi connectivity index (χ4n) is 3.10. The molecule has 0 unspecified atom stereocenters. The second-order valence-corrected chi connectivity index (χ2v) is 5.40. The van der Waals surface area contributed by atoms with Crippen LogP contribution in [0.1, 0.15) is 33.4 Å². The number of fused-ring (bicyclic) bond motifs is 4. The Morgan fingerprint density at radius 2 is 0.833 bits per heavy atom. The second-order valence-electron chi connectivity index (χ2n) is 5.40. The van der Waals surface area contributed by atoms with E-state index in [1.807, 2.05) is 0 Å². The van der Waals surface area contributed by atoms with Crippen molar-refractivity contribution >= 4 is 0 Å². The lowest BCUT2D eigenvalue weighted by molar-refractivity contribution is 0.875. The lowest BCUT2D eigenvalue weighted by Crippen LogP contribution is -2.05. The van der Waals surface area contributed by atoms with E-state index in [9.17, 15) is 0 Å². The van der Waals surface area contributed by atoms with Crippen LogP contribution in [0.4, 0.5) is 0 Å². The third kappa shape index (κ3) is 1.96. The van der Waals surface area contributed by atoms with E-state index < -0.39 is 0 Å². The largest absolute Gasteiger partial charge is 0.0617 e. The van der Waals surface area contributed by atoms with Gasteiger partial charge in [0.05, 0.1) is 0 Å². The first-order valence-corrected chi connectivity index (χ1v) is 6.90. The first-order chi connectivity index (χ1) is 8.75. The van der Waals surface area contributed by atoms with Crippen molar-refractivity contribution in [3.8, 4) is 0 Å². The molecule has 18 heavy (non-hydrogen) atoms. The molecule has 92 valence electrons. The Kier molecular flexibility index (Phi) is 2.95. The van der Waals surface area contributed by atoms with Crippen molar-refractivity contribution in [2.45, 2.75) is 39.5 Å². The van der Waals surface area contributed by atoms with E-state index in [2.05, 4.69) is 50.2 Å². The zero-order valence-corrected chi connectivity index (χ0v) is 11.3. The average molecular weight is 236 g/mol. The molecule has 0 atom stereocenters. The molecule has 2 aromatic carbocycles. The van der Waals surface area contributed by atoms with Crippen LogP contribution in [0.3, 0.4) is 0 Å². The van der Waals surface area contributed by atoms with Crippen LogP contribution < -0.4 is 0 Å². The molecule has 0 nitrogen and oxygen atoms in total. The molecule has 0 aliphatic heterocycles. The van der Waals surface area contributed by atoms with Gasteiger partial charge >= 0.3 is 0 Å². The maximum atomic E-state index is 2.29. The molecule has 3 rings (SSSR count). The molecule has 0 spiro atoms. The molecular weight excluding hydrogens is 216 g/mol. The van der Waals surface area contributed by atoms with Crippen molar-refractivity contribution in [3.63, 3.8) is 0 Å². The van der Waals surface area contributed by atoms with Crippen LogP contribution in [0, 0.1) is 13.8 Å². The zero-order chi connectivity index (χ0) is 12.5.